The molecule has 0 spiro atoms. The summed E-state index contributed by atoms with van der Waals surface area (Å²) in [5.41, 5.74) is -0.527. The molecule has 0 aromatic heterocycles. The van der Waals surface area contributed by atoms with E-state index in [0.29, 0.717) is 4.31 Å². The first-order valence-electron chi connectivity index (χ1n) is 9.18. The van der Waals surface area contributed by atoms with E-state index in [9.17, 15) is 32.9 Å². The minimum atomic E-state index is -4.74. The quantitative estimate of drug-likeness (QED) is 0.269. The summed E-state index contributed by atoms with van der Waals surface area (Å²) in [6, 6.07) is 8.94. The molecule has 0 radical (unpaired) electrons. The van der Waals surface area contributed by atoms with Crippen molar-refractivity contribution in [2.45, 2.75) is 10.9 Å². The normalized spacial score (nSPS) is 16.3. The highest BCUT2D eigenvalue weighted by Gasteiger charge is 2.50. The fourth-order valence-corrected chi connectivity index (χ4v) is 5.36. The first-order chi connectivity index (χ1) is 15.1. The molecule has 0 saturated carbocycles. The van der Waals surface area contributed by atoms with Gasteiger partial charge in [0, 0.05) is 11.6 Å². The topological polar surface area (TPSA) is 150 Å². The number of ketones is 1. The van der Waals surface area contributed by atoms with Gasteiger partial charge in [0.1, 0.15) is 0 Å². The molecule has 0 N–H and O–H groups in total. The molecule has 1 unspecified atom stereocenters. The van der Waals surface area contributed by atoms with Gasteiger partial charge < -0.3 is 9.47 Å². The number of hydrogen-bond donors (Lipinski definition) is 0. The van der Waals surface area contributed by atoms with Crippen LogP contribution in [0.3, 0.4) is 0 Å². The highest BCUT2D eigenvalue weighted by molar-refractivity contribution is 7.89. The lowest BCUT2D eigenvalue weighted by molar-refractivity contribution is -0.387. The minimum Gasteiger partial charge on any atom is -0.468 e. The van der Waals surface area contributed by atoms with Crippen molar-refractivity contribution < 1.29 is 37.2 Å². The largest absolute Gasteiger partial charge is 0.468 e. The number of benzene rings is 2. The second-order valence-electron chi connectivity index (χ2n) is 6.75. The molecule has 32 heavy (non-hydrogen) atoms. The summed E-state index contributed by atoms with van der Waals surface area (Å²) in [6.07, 6.45) is 0. The van der Waals surface area contributed by atoms with E-state index in [1.165, 1.54) is 30.3 Å². The van der Waals surface area contributed by atoms with Gasteiger partial charge in [-0.15, -0.1) is 0 Å². The van der Waals surface area contributed by atoms with Crippen LogP contribution in [0.1, 0.15) is 22.0 Å². The van der Waals surface area contributed by atoms with Crippen LogP contribution in [0, 0.1) is 16.0 Å². The van der Waals surface area contributed by atoms with Crippen LogP contribution in [0.4, 0.5) is 5.69 Å². The molecule has 168 valence electrons. The van der Waals surface area contributed by atoms with Gasteiger partial charge in [0.2, 0.25) is 0 Å². The minimum absolute atomic E-state index is 0.0757. The summed E-state index contributed by atoms with van der Waals surface area (Å²) >= 11 is 0. The zero-order valence-corrected chi connectivity index (χ0v) is 17.8. The van der Waals surface area contributed by atoms with Crippen LogP contribution in [-0.2, 0) is 29.1 Å². The monoisotopic (exact) mass is 462 g/mol. The van der Waals surface area contributed by atoms with Crippen molar-refractivity contribution in [3.8, 4) is 0 Å². The highest BCUT2D eigenvalue weighted by Crippen LogP contribution is 2.41. The number of carbonyl (C=O) groups is 3. The van der Waals surface area contributed by atoms with Gasteiger partial charge in [-0.25, -0.2) is 8.42 Å². The summed E-state index contributed by atoms with van der Waals surface area (Å²) in [4.78, 5) is 47.8. The Kier molecular flexibility index (Phi) is 6.37. The molecular formula is C20H18N2O9S. The zero-order valence-electron chi connectivity index (χ0n) is 17.0. The van der Waals surface area contributed by atoms with Crippen molar-refractivity contribution in [3.63, 3.8) is 0 Å². The Morgan fingerprint density at radius 1 is 1.06 bits per heavy atom. The van der Waals surface area contributed by atoms with Crippen LogP contribution in [0.2, 0.25) is 0 Å². The average molecular weight is 462 g/mol. The third kappa shape index (κ3) is 3.85. The Morgan fingerprint density at radius 3 is 2.22 bits per heavy atom. The molecule has 0 bridgehead atoms. The number of fused-ring (bicyclic) bond motifs is 1. The summed E-state index contributed by atoms with van der Waals surface area (Å²) < 4.78 is 37.2. The van der Waals surface area contributed by atoms with E-state index in [1.807, 2.05) is 0 Å². The molecule has 11 nitrogen and oxygen atoms in total. The first kappa shape index (κ1) is 23.0. The number of nitrogens with zero attached hydrogens (tertiary/aromatic N) is 2. The number of esters is 2. The van der Waals surface area contributed by atoms with E-state index in [4.69, 9.17) is 9.47 Å². The Hall–Kier alpha value is -3.64. The zero-order chi connectivity index (χ0) is 23.6. The Balaban J connectivity index is 2.30. The molecule has 3 rings (SSSR count). The number of sulfonamides is 1. The number of hydrogen-bond acceptors (Lipinski definition) is 9. The number of methoxy groups -OCH3 is 2. The van der Waals surface area contributed by atoms with Crippen molar-refractivity contribution >= 4 is 33.4 Å². The van der Waals surface area contributed by atoms with Gasteiger partial charge in [0.25, 0.3) is 15.7 Å². The molecule has 2 aromatic rings. The smallest absolute Gasteiger partial charge is 0.322 e. The number of ether oxygens (including phenoxy) is 2. The van der Waals surface area contributed by atoms with E-state index in [1.54, 1.807) is 6.07 Å². The van der Waals surface area contributed by atoms with Gasteiger partial charge in [0.15, 0.2) is 16.6 Å². The fourth-order valence-electron chi connectivity index (χ4n) is 3.63. The van der Waals surface area contributed by atoms with E-state index in [0.717, 1.165) is 26.4 Å². The summed E-state index contributed by atoms with van der Waals surface area (Å²) in [5, 5.41) is 11.4. The molecule has 0 fully saturated rings. The lowest BCUT2D eigenvalue weighted by Crippen LogP contribution is -2.49. The maximum absolute atomic E-state index is 13.6. The van der Waals surface area contributed by atoms with Gasteiger partial charge in [-0.2, -0.15) is 4.31 Å². The number of rotatable bonds is 6. The number of para-hydroxylation sites is 1. The van der Waals surface area contributed by atoms with E-state index in [2.05, 4.69) is 0 Å². The molecule has 0 aliphatic carbocycles. The van der Waals surface area contributed by atoms with Crippen LogP contribution in [0.15, 0.2) is 53.4 Å². The fraction of sp³-hybridized carbons (Fsp3) is 0.250. The van der Waals surface area contributed by atoms with E-state index >= 15 is 0 Å². The third-order valence-electron chi connectivity index (χ3n) is 5.06. The van der Waals surface area contributed by atoms with Crippen LogP contribution in [0.5, 0.6) is 0 Å². The highest BCUT2D eigenvalue weighted by atomic mass is 32.2. The van der Waals surface area contributed by atoms with Gasteiger partial charge >= 0.3 is 11.9 Å². The summed E-state index contributed by atoms with van der Waals surface area (Å²) in [5.74, 6) is -4.56. The molecular weight excluding hydrogens is 444 g/mol. The first-order valence-corrected chi connectivity index (χ1v) is 10.6. The van der Waals surface area contributed by atoms with E-state index < -0.39 is 61.8 Å². The van der Waals surface area contributed by atoms with Gasteiger partial charge in [-0.1, -0.05) is 36.4 Å². The number of carbonyl (C=O) groups excluding carboxylic acids is 3. The van der Waals surface area contributed by atoms with Crippen LogP contribution >= 0.6 is 0 Å². The predicted octanol–water partition coefficient (Wildman–Crippen LogP) is 1.49. The van der Waals surface area contributed by atoms with Crippen molar-refractivity contribution in [3.05, 3.63) is 69.8 Å². The van der Waals surface area contributed by atoms with Crippen molar-refractivity contribution in [1.82, 2.24) is 4.31 Å². The lowest BCUT2D eigenvalue weighted by Gasteiger charge is -2.37. The molecule has 0 saturated heterocycles. The van der Waals surface area contributed by atoms with Crippen molar-refractivity contribution in [2.24, 2.45) is 5.92 Å². The third-order valence-corrected chi connectivity index (χ3v) is 6.94. The number of nitro benzene ring substituents is 1. The summed E-state index contributed by atoms with van der Waals surface area (Å²) in [6.45, 7) is -0.749. The maximum atomic E-state index is 13.6. The molecule has 2 aromatic carbocycles. The van der Waals surface area contributed by atoms with Gasteiger partial charge in [0.05, 0.1) is 31.7 Å². The lowest BCUT2D eigenvalue weighted by atomic mass is 9.85. The molecule has 1 aliphatic rings. The predicted molar refractivity (Wildman–Crippen MR) is 108 cm³/mol. The molecule has 0 amide bonds. The standard InChI is InChI=1S/C20H18N2O9S/c1-30-19(24)17(20(25)31-2)18-13-8-4-3-7-12(13)15(23)11-21(18)32(28,29)16-10-6-5-9-14(16)22(26)27/h3-10,17-18H,11H2,1-2H3. The Morgan fingerprint density at radius 2 is 1.62 bits per heavy atom. The van der Waals surface area contributed by atoms with Crippen LogP contribution in [0.25, 0.3) is 0 Å². The molecule has 1 heterocycles. The van der Waals surface area contributed by atoms with Crippen LogP contribution < -0.4 is 0 Å². The van der Waals surface area contributed by atoms with Crippen molar-refractivity contribution in [1.29, 1.82) is 0 Å². The second kappa shape index (κ2) is 8.85. The molecule has 12 heteroatoms. The van der Waals surface area contributed by atoms with E-state index in [-0.39, 0.29) is 11.1 Å². The second-order valence-corrected chi connectivity index (χ2v) is 8.61. The average Bonchev–Trinajstić information content (AvgIpc) is 2.79. The Bertz CT molecular complexity index is 1190. The van der Waals surface area contributed by atoms with Crippen molar-refractivity contribution in [2.75, 3.05) is 20.8 Å². The molecule has 1 atom stereocenters. The Labute approximate surface area is 182 Å². The van der Waals surface area contributed by atoms with Crippen LogP contribution in [-0.4, -0.2) is 56.1 Å². The number of nitro groups is 1. The summed E-state index contributed by atoms with van der Waals surface area (Å²) in [7, 11) is -2.71. The SMILES string of the molecule is COC(=O)C(C(=O)OC)C1c2ccccc2C(=O)CN1S(=O)(=O)c1ccccc1[N+](=O)[O-]. The maximum Gasteiger partial charge on any atom is 0.322 e. The van der Waals surface area contributed by atoms with Gasteiger partial charge in [-0.05, 0) is 11.6 Å². The molecule has 1 aliphatic heterocycles. The van der Waals surface area contributed by atoms with Gasteiger partial charge in [-0.3, -0.25) is 24.5 Å². The number of Topliss-reactive ketones (excluding diaryl/α,β-unsaturated/α-hetero) is 1.